The second kappa shape index (κ2) is 11.6. The lowest BCUT2D eigenvalue weighted by atomic mass is 9.85. The lowest BCUT2D eigenvalue weighted by Crippen LogP contribution is -2.38. The first-order valence-electron chi connectivity index (χ1n) is 15.8. The Bertz CT molecular complexity index is 1930. The molecule has 0 bridgehead atoms. The Labute approximate surface area is 261 Å². The Kier molecular flexibility index (Phi) is 7.47. The molecule has 4 heterocycles. The van der Waals surface area contributed by atoms with Gasteiger partial charge in [-0.25, -0.2) is 9.78 Å². The van der Waals surface area contributed by atoms with Crippen molar-refractivity contribution in [3.63, 3.8) is 0 Å². The van der Waals surface area contributed by atoms with E-state index in [0.717, 1.165) is 78.1 Å². The van der Waals surface area contributed by atoms with E-state index in [9.17, 15) is 19.1 Å². The van der Waals surface area contributed by atoms with Gasteiger partial charge in [-0.3, -0.25) is 4.79 Å². The first kappa shape index (κ1) is 29.0. The number of amides is 1. The summed E-state index contributed by atoms with van der Waals surface area (Å²) in [6.07, 6.45) is 8.25. The van der Waals surface area contributed by atoms with E-state index in [4.69, 9.17) is 4.98 Å². The molecule has 2 aromatic carbocycles. The average molecular weight is 606 g/mol. The average Bonchev–Trinajstić information content (AvgIpc) is 3.77. The van der Waals surface area contributed by atoms with Crippen LogP contribution in [0.5, 0.6) is 0 Å². The van der Waals surface area contributed by atoms with E-state index in [2.05, 4.69) is 58.9 Å². The third-order valence-electron chi connectivity index (χ3n) is 9.38. The van der Waals surface area contributed by atoms with Crippen molar-refractivity contribution < 1.29 is 19.1 Å². The molecule has 0 atom stereocenters. The van der Waals surface area contributed by atoms with Crippen LogP contribution in [0.4, 0.5) is 4.39 Å². The fourth-order valence-corrected chi connectivity index (χ4v) is 6.86. The topological polar surface area (TPSA) is 93.2 Å². The van der Waals surface area contributed by atoms with Crippen molar-refractivity contribution >= 4 is 22.8 Å². The van der Waals surface area contributed by atoms with Gasteiger partial charge in [0.15, 0.2) is 5.82 Å². The van der Waals surface area contributed by atoms with Crippen LogP contribution < -0.4 is 0 Å². The molecule has 0 radical (unpaired) electrons. The first-order valence-corrected chi connectivity index (χ1v) is 15.8. The van der Waals surface area contributed by atoms with Gasteiger partial charge in [0, 0.05) is 42.7 Å². The second-order valence-electron chi connectivity index (χ2n) is 12.3. The molecule has 1 aliphatic heterocycles. The van der Waals surface area contributed by atoms with Crippen LogP contribution in [0.1, 0.15) is 71.1 Å². The number of carboxylic acids is 1. The first-order chi connectivity index (χ1) is 21.8. The number of nitrogens with zero attached hydrogens (tertiary/aromatic N) is 5. The number of piperidine rings is 1. The number of aromatic carboxylic acids is 1. The number of halogens is 1. The number of aromatic nitrogens is 4. The maximum Gasteiger partial charge on any atom is 0.342 e. The SMILES string of the molecule is CCc1cc(Cn2cc(C)c3cccc(-c4cccc(-n5ncc(C(=O)O)c5F)n4)c32)ccc1C1CCN(C(=O)C2CC2)CC1. The fraction of sp³-hybridized carbons (Fsp3) is 0.333. The van der Waals surface area contributed by atoms with E-state index < -0.39 is 17.5 Å². The number of para-hydroxylation sites is 1. The fourth-order valence-electron chi connectivity index (χ4n) is 6.86. The van der Waals surface area contributed by atoms with Crippen molar-refractivity contribution in [3.05, 3.63) is 101 Å². The van der Waals surface area contributed by atoms with Crippen molar-refractivity contribution in [2.75, 3.05) is 13.1 Å². The number of hydrogen-bond donors (Lipinski definition) is 1. The number of carbonyl (C=O) groups excluding carboxylic acids is 1. The Hall–Kier alpha value is -4.79. The third kappa shape index (κ3) is 5.41. The molecule has 8 nitrogen and oxygen atoms in total. The summed E-state index contributed by atoms with van der Waals surface area (Å²) in [6, 6.07) is 18.2. The van der Waals surface area contributed by atoms with Crippen LogP contribution in [0.2, 0.25) is 0 Å². The molecular weight excluding hydrogens is 569 g/mol. The number of pyridine rings is 1. The summed E-state index contributed by atoms with van der Waals surface area (Å²) in [5.41, 5.74) is 7.20. The summed E-state index contributed by atoms with van der Waals surface area (Å²) in [4.78, 5) is 30.7. The summed E-state index contributed by atoms with van der Waals surface area (Å²) >= 11 is 0. The molecule has 1 amide bonds. The zero-order valence-electron chi connectivity index (χ0n) is 25.5. The van der Waals surface area contributed by atoms with Crippen LogP contribution in [0, 0.1) is 18.8 Å². The van der Waals surface area contributed by atoms with E-state index in [1.165, 1.54) is 16.7 Å². The number of carbonyl (C=O) groups is 2. The van der Waals surface area contributed by atoms with Crippen LogP contribution in [0.15, 0.2) is 67.0 Å². The molecule has 0 spiro atoms. The summed E-state index contributed by atoms with van der Waals surface area (Å²) in [5.74, 6) is -1.02. The molecule has 5 aromatic rings. The Morgan fingerprint density at radius 3 is 2.51 bits per heavy atom. The summed E-state index contributed by atoms with van der Waals surface area (Å²) in [6.45, 7) is 6.69. The van der Waals surface area contributed by atoms with Crippen molar-refractivity contribution in [1.82, 2.24) is 24.2 Å². The number of aryl methyl sites for hydroxylation is 2. The monoisotopic (exact) mass is 605 g/mol. The highest BCUT2D eigenvalue weighted by Crippen LogP contribution is 2.36. The maximum absolute atomic E-state index is 14.8. The van der Waals surface area contributed by atoms with Crippen molar-refractivity contribution in [2.24, 2.45) is 5.92 Å². The highest BCUT2D eigenvalue weighted by Gasteiger charge is 2.35. The van der Waals surface area contributed by atoms with Crippen LogP contribution >= 0.6 is 0 Å². The largest absolute Gasteiger partial charge is 0.477 e. The van der Waals surface area contributed by atoms with Gasteiger partial charge in [0.2, 0.25) is 11.9 Å². The number of rotatable bonds is 8. The minimum atomic E-state index is -1.38. The number of carboxylic acid groups (broad SMARTS) is 1. The van der Waals surface area contributed by atoms with E-state index in [1.807, 2.05) is 18.2 Å². The normalized spacial score (nSPS) is 15.6. The molecule has 2 aliphatic rings. The minimum absolute atomic E-state index is 0.204. The molecule has 230 valence electrons. The van der Waals surface area contributed by atoms with Gasteiger partial charge < -0.3 is 14.6 Å². The Morgan fingerprint density at radius 2 is 1.80 bits per heavy atom. The molecule has 9 heteroatoms. The van der Waals surface area contributed by atoms with E-state index in [-0.39, 0.29) is 11.7 Å². The highest BCUT2D eigenvalue weighted by atomic mass is 19.1. The Morgan fingerprint density at radius 1 is 1.02 bits per heavy atom. The van der Waals surface area contributed by atoms with Crippen LogP contribution in [-0.4, -0.2) is 54.3 Å². The van der Waals surface area contributed by atoms with Gasteiger partial charge in [0.25, 0.3) is 0 Å². The summed E-state index contributed by atoms with van der Waals surface area (Å²) in [7, 11) is 0. The lowest BCUT2D eigenvalue weighted by molar-refractivity contribution is -0.133. The summed E-state index contributed by atoms with van der Waals surface area (Å²) in [5, 5.41) is 14.3. The van der Waals surface area contributed by atoms with Crippen molar-refractivity contribution in [3.8, 4) is 17.1 Å². The van der Waals surface area contributed by atoms with Gasteiger partial charge in [-0.2, -0.15) is 14.2 Å². The standard InChI is InChI=1S/C36H36FN5O3/c1-3-24-18-23(10-13-28(24)25-14-16-40(17-15-25)35(43)26-11-12-26)21-41-20-22(2)27-6-4-7-29(33(27)41)31-8-5-9-32(39-31)42-34(37)30(19-38-42)36(44)45/h4-10,13,18-20,25-26H,3,11-12,14-17,21H2,1-2H3,(H,44,45). The van der Waals surface area contributed by atoms with Gasteiger partial charge in [-0.15, -0.1) is 0 Å². The minimum Gasteiger partial charge on any atom is -0.477 e. The molecule has 3 aromatic heterocycles. The molecule has 0 unspecified atom stereocenters. The number of hydrogen-bond acceptors (Lipinski definition) is 4. The molecular formula is C36H36FN5O3. The molecule has 7 rings (SSSR count). The molecule has 1 saturated heterocycles. The summed E-state index contributed by atoms with van der Waals surface area (Å²) < 4.78 is 18.0. The predicted octanol–water partition coefficient (Wildman–Crippen LogP) is 6.76. The number of fused-ring (bicyclic) bond motifs is 1. The van der Waals surface area contributed by atoms with Gasteiger partial charge >= 0.3 is 5.97 Å². The quantitative estimate of drug-likeness (QED) is 0.211. The zero-order valence-corrected chi connectivity index (χ0v) is 25.5. The van der Waals surface area contributed by atoms with Crippen LogP contribution in [0.25, 0.3) is 28.0 Å². The van der Waals surface area contributed by atoms with Crippen molar-refractivity contribution in [1.29, 1.82) is 0 Å². The third-order valence-corrected chi connectivity index (χ3v) is 9.38. The van der Waals surface area contributed by atoms with Crippen LogP contribution in [0.3, 0.4) is 0 Å². The molecule has 2 fully saturated rings. The smallest absolute Gasteiger partial charge is 0.342 e. The zero-order chi connectivity index (χ0) is 31.2. The van der Waals surface area contributed by atoms with Gasteiger partial charge in [-0.1, -0.05) is 49.4 Å². The lowest BCUT2D eigenvalue weighted by Gasteiger charge is -2.33. The van der Waals surface area contributed by atoms with E-state index in [1.54, 1.807) is 12.1 Å². The predicted molar refractivity (Wildman–Crippen MR) is 170 cm³/mol. The highest BCUT2D eigenvalue weighted by molar-refractivity contribution is 5.96. The molecule has 1 N–H and O–H groups in total. The van der Waals surface area contributed by atoms with Gasteiger partial charge in [0.1, 0.15) is 5.56 Å². The van der Waals surface area contributed by atoms with Crippen LogP contribution in [-0.2, 0) is 17.8 Å². The maximum atomic E-state index is 14.8. The van der Waals surface area contributed by atoms with Crippen molar-refractivity contribution in [2.45, 2.75) is 58.4 Å². The molecule has 45 heavy (non-hydrogen) atoms. The second-order valence-corrected chi connectivity index (χ2v) is 12.3. The van der Waals surface area contributed by atoms with E-state index >= 15 is 0 Å². The van der Waals surface area contributed by atoms with Gasteiger partial charge in [-0.05, 0) is 79.3 Å². The Balaban J connectivity index is 1.18. The number of benzene rings is 2. The van der Waals surface area contributed by atoms with Gasteiger partial charge in [0.05, 0.1) is 17.4 Å². The molecule has 1 aliphatic carbocycles. The number of likely N-dealkylation sites (tertiary alicyclic amines) is 1. The van der Waals surface area contributed by atoms with E-state index in [0.29, 0.717) is 24.1 Å². The molecule has 1 saturated carbocycles.